The van der Waals surface area contributed by atoms with Gasteiger partial charge < -0.3 is 5.32 Å². The molecule has 1 aliphatic carbocycles. The molecular formula is C16H19NS. The highest BCUT2D eigenvalue weighted by Gasteiger charge is 2.18. The highest BCUT2D eigenvalue weighted by molar-refractivity contribution is 7.11. The molecule has 1 heterocycles. The first kappa shape index (κ1) is 11.9. The van der Waals surface area contributed by atoms with Crippen molar-refractivity contribution in [2.24, 2.45) is 0 Å². The molecule has 3 rings (SSSR count). The van der Waals surface area contributed by atoms with Gasteiger partial charge in [0.2, 0.25) is 0 Å². The van der Waals surface area contributed by atoms with Gasteiger partial charge in [-0.25, -0.2) is 0 Å². The molecule has 0 radical (unpaired) electrons. The van der Waals surface area contributed by atoms with Gasteiger partial charge in [0, 0.05) is 22.3 Å². The van der Waals surface area contributed by atoms with E-state index in [-0.39, 0.29) is 0 Å². The number of hydrogen-bond acceptors (Lipinski definition) is 2. The van der Waals surface area contributed by atoms with Crippen LogP contribution in [0.15, 0.2) is 36.4 Å². The molecule has 0 bridgehead atoms. The fourth-order valence-corrected chi connectivity index (χ4v) is 3.61. The Kier molecular flexibility index (Phi) is 3.48. The molecule has 1 aliphatic rings. The summed E-state index contributed by atoms with van der Waals surface area (Å²) in [5.74, 6) is 0. The van der Waals surface area contributed by atoms with Gasteiger partial charge in [0.15, 0.2) is 0 Å². The van der Waals surface area contributed by atoms with Crippen LogP contribution in [-0.4, -0.2) is 0 Å². The van der Waals surface area contributed by atoms with E-state index in [2.05, 4.69) is 48.6 Å². The normalized spacial score (nSPS) is 18.6. The van der Waals surface area contributed by atoms with Gasteiger partial charge >= 0.3 is 0 Å². The van der Waals surface area contributed by atoms with Crippen LogP contribution in [-0.2, 0) is 13.0 Å². The summed E-state index contributed by atoms with van der Waals surface area (Å²) in [5.41, 5.74) is 3.04. The van der Waals surface area contributed by atoms with Crippen LogP contribution in [0.5, 0.6) is 0 Å². The monoisotopic (exact) mass is 257 g/mol. The first-order valence-electron chi connectivity index (χ1n) is 6.69. The molecule has 0 fully saturated rings. The molecule has 1 N–H and O–H groups in total. The molecule has 2 heteroatoms. The van der Waals surface area contributed by atoms with Crippen molar-refractivity contribution in [3.05, 3.63) is 57.3 Å². The van der Waals surface area contributed by atoms with Crippen molar-refractivity contribution in [3.63, 3.8) is 0 Å². The number of aryl methyl sites for hydroxylation is 2. The minimum atomic E-state index is 0.539. The van der Waals surface area contributed by atoms with Crippen molar-refractivity contribution < 1.29 is 0 Å². The lowest BCUT2D eigenvalue weighted by molar-refractivity contribution is 0.461. The van der Waals surface area contributed by atoms with Gasteiger partial charge in [-0.15, -0.1) is 11.3 Å². The van der Waals surface area contributed by atoms with Crippen LogP contribution >= 0.6 is 11.3 Å². The minimum Gasteiger partial charge on any atom is -0.305 e. The molecule has 18 heavy (non-hydrogen) atoms. The van der Waals surface area contributed by atoms with Gasteiger partial charge in [-0.1, -0.05) is 24.3 Å². The van der Waals surface area contributed by atoms with E-state index in [1.165, 1.54) is 40.1 Å². The van der Waals surface area contributed by atoms with Gasteiger partial charge in [-0.2, -0.15) is 0 Å². The lowest BCUT2D eigenvalue weighted by Crippen LogP contribution is -2.24. The maximum atomic E-state index is 3.72. The zero-order valence-electron chi connectivity index (χ0n) is 10.8. The maximum Gasteiger partial charge on any atom is 0.0326 e. The first-order chi connectivity index (χ1) is 8.83. The Bertz CT molecular complexity index is 529. The summed E-state index contributed by atoms with van der Waals surface area (Å²) >= 11 is 1.90. The molecular weight excluding hydrogens is 238 g/mol. The van der Waals surface area contributed by atoms with Crippen molar-refractivity contribution >= 4 is 11.3 Å². The van der Waals surface area contributed by atoms with Crippen LogP contribution in [0, 0.1) is 6.92 Å². The largest absolute Gasteiger partial charge is 0.305 e. The minimum absolute atomic E-state index is 0.539. The van der Waals surface area contributed by atoms with Gasteiger partial charge in [-0.3, -0.25) is 0 Å². The lowest BCUT2D eigenvalue weighted by Gasteiger charge is -2.26. The van der Waals surface area contributed by atoms with Crippen molar-refractivity contribution in [2.45, 2.75) is 38.8 Å². The van der Waals surface area contributed by atoms with Crippen molar-refractivity contribution in [3.8, 4) is 0 Å². The second-order valence-corrected chi connectivity index (χ2v) is 6.41. The Labute approximate surface area is 113 Å². The lowest BCUT2D eigenvalue weighted by atomic mass is 9.88. The van der Waals surface area contributed by atoms with E-state index < -0.39 is 0 Å². The Balaban J connectivity index is 1.71. The van der Waals surface area contributed by atoms with Gasteiger partial charge in [0.25, 0.3) is 0 Å². The molecule has 2 aromatic rings. The highest BCUT2D eigenvalue weighted by Crippen LogP contribution is 2.30. The summed E-state index contributed by atoms with van der Waals surface area (Å²) in [5, 5.41) is 3.72. The fourth-order valence-electron chi connectivity index (χ4n) is 2.77. The van der Waals surface area contributed by atoms with E-state index in [1.807, 2.05) is 11.3 Å². The second-order valence-electron chi connectivity index (χ2n) is 5.04. The summed E-state index contributed by atoms with van der Waals surface area (Å²) in [6.07, 6.45) is 3.81. The molecule has 1 nitrogen and oxygen atoms in total. The summed E-state index contributed by atoms with van der Waals surface area (Å²) in [7, 11) is 0. The maximum absolute atomic E-state index is 3.72. The first-order valence-corrected chi connectivity index (χ1v) is 7.51. The predicted molar refractivity (Wildman–Crippen MR) is 78.0 cm³/mol. The Morgan fingerprint density at radius 1 is 1.22 bits per heavy atom. The Morgan fingerprint density at radius 3 is 2.94 bits per heavy atom. The summed E-state index contributed by atoms with van der Waals surface area (Å²) < 4.78 is 0. The van der Waals surface area contributed by atoms with E-state index in [1.54, 1.807) is 0 Å². The number of benzene rings is 1. The number of hydrogen-bond donors (Lipinski definition) is 1. The highest BCUT2D eigenvalue weighted by atomic mass is 32.1. The topological polar surface area (TPSA) is 12.0 Å². The fraction of sp³-hybridized carbons (Fsp3) is 0.375. The molecule has 0 saturated carbocycles. The van der Waals surface area contributed by atoms with Crippen LogP contribution in [0.25, 0.3) is 0 Å². The zero-order chi connectivity index (χ0) is 12.4. The van der Waals surface area contributed by atoms with Crippen molar-refractivity contribution in [2.75, 3.05) is 0 Å². The van der Waals surface area contributed by atoms with Gasteiger partial charge in [-0.05, 0) is 49.4 Å². The van der Waals surface area contributed by atoms with E-state index in [4.69, 9.17) is 0 Å². The third-order valence-corrected chi connectivity index (χ3v) is 4.69. The predicted octanol–water partition coefficient (Wildman–Crippen LogP) is 4.22. The number of nitrogens with one attached hydrogen (secondary N) is 1. The number of fused-ring (bicyclic) bond motifs is 1. The molecule has 1 unspecified atom stereocenters. The zero-order valence-corrected chi connectivity index (χ0v) is 11.6. The molecule has 0 aliphatic heterocycles. The van der Waals surface area contributed by atoms with Crippen LogP contribution < -0.4 is 5.32 Å². The molecule has 0 saturated heterocycles. The van der Waals surface area contributed by atoms with E-state index >= 15 is 0 Å². The van der Waals surface area contributed by atoms with E-state index in [0.717, 1.165) is 6.54 Å². The number of thiophene rings is 1. The Morgan fingerprint density at radius 2 is 2.11 bits per heavy atom. The third-order valence-electron chi connectivity index (χ3n) is 3.69. The molecule has 1 aromatic carbocycles. The van der Waals surface area contributed by atoms with Gasteiger partial charge in [0.1, 0.15) is 0 Å². The van der Waals surface area contributed by atoms with Crippen molar-refractivity contribution in [1.82, 2.24) is 5.32 Å². The number of rotatable bonds is 3. The summed E-state index contributed by atoms with van der Waals surface area (Å²) in [6.45, 7) is 3.17. The molecule has 94 valence electrons. The third kappa shape index (κ3) is 2.50. The SMILES string of the molecule is Cc1ccc(CNC2CCCc3ccccc32)s1. The molecule has 0 amide bonds. The molecule has 0 spiro atoms. The van der Waals surface area contributed by atoms with Gasteiger partial charge in [0.05, 0.1) is 0 Å². The average molecular weight is 257 g/mol. The summed E-state index contributed by atoms with van der Waals surface area (Å²) in [4.78, 5) is 2.84. The molecule has 1 atom stereocenters. The van der Waals surface area contributed by atoms with Crippen molar-refractivity contribution in [1.29, 1.82) is 0 Å². The van der Waals surface area contributed by atoms with Crippen LogP contribution in [0.2, 0.25) is 0 Å². The Hall–Kier alpha value is -1.12. The van der Waals surface area contributed by atoms with E-state index in [0.29, 0.717) is 6.04 Å². The molecule has 1 aromatic heterocycles. The van der Waals surface area contributed by atoms with E-state index in [9.17, 15) is 0 Å². The summed E-state index contributed by atoms with van der Waals surface area (Å²) in [6, 6.07) is 13.9. The van der Waals surface area contributed by atoms with Crippen LogP contribution in [0.1, 0.15) is 39.8 Å². The second kappa shape index (κ2) is 5.25. The quantitative estimate of drug-likeness (QED) is 0.868. The average Bonchev–Trinajstić information content (AvgIpc) is 2.82. The van der Waals surface area contributed by atoms with Crippen LogP contribution in [0.3, 0.4) is 0 Å². The van der Waals surface area contributed by atoms with Crippen LogP contribution in [0.4, 0.5) is 0 Å². The standard InChI is InChI=1S/C16H19NS/c1-12-9-10-14(18-12)11-17-16-8-4-6-13-5-2-3-7-15(13)16/h2-3,5,7,9-10,16-17H,4,6,8,11H2,1H3. The smallest absolute Gasteiger partial charge is 0.0326 e.